The van der Waals surface area contributed by atoms with E-state index in [0.717, 1.165) is 38.5 Å². The van der Waals surface area contributed by atoms with Gasteiger partial charge in [0, 0.05) is 21.2 Å². The van der Waals surface area contributed by atoms with E-state index in [1.807, 2.05) is 0 Å². The van der Waals surface area contributed by atoms with E-state index in [4.69, 9.17) is 8.85 Å². The first-order valence-corrected chi connectivity index (χ1v) is 11.0. The van der Waals surface area contributed by atoms with E-state index >= 15 is 0 Å². The van der Waals surface area contributed by atoms with Crippen LogP contribution >= 0.6 is 0 Å². The number of carbonyl (C=O) groups is 2. The number of carbonyl (C=O) groups excluding carboxylic acids is 2. The van der Waals surface area contributed by atoms with Crippen molar-refractivity contribution in [2.45, 2.75) is 90.1 Å². The third-order valence-corrected chi connectivity index (χ3v) is 10.9. The van der Waals surface area contributed by atoms with Crippen LogP contribution in [0.3, 0.4) is 0 Å². The topological polar surface area (TPSA) is 52.6 Å². The molecule has 142 valence electrons. The minimum absolute atomic E-state index is 0.318. The third kappa shape index (κ3) is 4.25. The second kappa shape index (κ2) is 7.90. The molecule has 0 atom stereocenters. The molecule has 5 heteroatoms. The van der Waals surface area contributed by atoms with Gasteiger partial charge in [0.25, 0.3) is 0 Å². The van der Waals surface area contributed by atoms with E-state index in [9.17, 15) is 9.59 Å². The molecule has 25 heavy (non-hydrogen) atoms. The van der Waals surface area contributed by atoms with Gasteiger partial charge in [0.1, 0.15) is 0 Å². The average molecular weight is 367 g/mol. The summed E-state index contributed by atoms with van der Waals surface area (Å²) >= 11 is 0. The summed E-state index contributed by atoms with van der Waals surface area (Å²) in [6.07, 6.45) is 5.82. The highest BCUT2D eigenvalue weighted by atomic mass is 28.4. The van der Waals surface area contributed by atoms with E-state index in [2.05, 4.69) is 40.9 Å². The maximum absolute atomic E-state index is 12.6. The Bertz CT molecular complexity index is 528. The van der Waals surface area contributed by atoms with Crippen LogP contribution in [-0.2, 0) is 18.4 Å². The summed E-state index contributed by atoms with van der Waals surface area (Å²) < 4.78 is 12.3. The molecule has 0 N–H and O–H groups in total. The molecule has 0 aromatic carbocycles. The van der Waals surface area contributed by atoms with Crippen LogP contribution in [-0.4, -0.2) is 20.5 Å². The van der Waals surface area contributed by atoms with Crippen molar-refractivity contribution in [2.24, 2.45) is 0 Å². The average Bonchev–Trinajstić information content (AvgIpc) is 2.53. The zero-order chi connectivity index (χ0) is 19.5. The Morgan fingerprint density at radius 3 is 1.72 bits per heavy atom. The Morgan fingerprint density at radius 1 is 1.00 bits per heavy atom. The van der Waals surface area contributed by atoms with Crippen molar-refractivity contribution in [2.75, 3.05) is 0 Å². The second-order valence-corrected chi connectivity index (χ2v) is 12.5. The molecule has 4 nitrogen and oxygen atoms in total. The van der Waals surface area contributed by atoms with E-state index in [1.54, 1.807) is 13.8 Å². The highest BCUT2D eigenvalue weighted by Crippen LogP contribution is 2.61. The predicted molar refractivity (Wildman–Crippen MR) is 103 cm³/mol. The van der Waals surface area contributed by atoms with Gasteiger partial charge in [-0.15, -0.1) is 0 Å². The van der Waals surface area contributed by atoms with E-state index < -0.39 is 25.5 Å². The van der Waals surface area contributed by atoms with Gasteiger partial charge in [0.15, 0.2) is 0 Å². The number of hydrogen-bond acceptors (Lipinski definition) is 4. The van der Waals surface area contributed by atoms with Gasteiger partial charge in [-0.25, -0.2) is 9.59 Å². The third-order valence-electron chi connectivity index (χ3n) is 5.70. The highest BCUT2D eigenvalue weighted by molar-refractivity contribution is 6.76. The van der Waals surface area contributed by atoms with Crippen LogP contribution in [0.15, 0.2) is 24.3 Å². The van der Waals surface area contributed by atoms with Crippen molar-refractivity contribution in [3.05, 3.63) is 24.3 Å². The van der Waals surface area contributed by atoms with Crippen LogP contribution in [0.1, 0.15) is 80.1 Å². The zero-order valence-electron chi connectivity index (χ0n) is 16.8. The van der Waals surface area contributed by atoms with Gasteiger partial charge in [0.05, 0.1) is 0 Å². The molecule has 0 heterocycles. The Balaban J connectivity index is 3.55. The molecule has 0 spiro atoms. The Hall–Kier alpha value is -1.36. The van der Waals surface area contributed by atoms with Crippen molar-refractivity contribution in [1.29, 1.82) is 0 Å². The molecule has 0 aromatic heterocycles. The van der Waals surface area contributed by atoms with E-state index in [0.29, 0.717) is 11.1 Å². The molecular formula is C20H34O4Si. The van der Waals surface area contributed by atoms with Crippen LogP contribution in [0, 0.1) is 0 Å². The molecule has 0 radical (unpaired) electrons. The van der Waals surface area contributed by atoms with Crippen molar-refractivity contribution < 1.29 is 18.4 Å². The number of hydrogen-bond donors (Lipinski definition) is 0. The van der Waals surface area contributed by atoms with Crippen LogP contribution in [0.4, 0.5) is 0 Å². The monoisotopic (exact) mass is 366 g/mol. The molecule has 1 aliphatic carbocycles. The maximum Gasteiger partial charge on any atom is 0.476 e. The van der Waals surface area contributed by atoms with Gasteiger partial charge in [-0.2, -0.15) is 0 Å². The van der Waals surface area contributed by atoms with Gasteiger partial charge in [-0.3, -0.25) is 0 Å². The quantitative estimate of drug-likeness (QED) is 0.436. The fourth-order valence-corrected chi connectivity index (χ4v) is 8.76. The smallest absolute Gasteiger partial charge is 0.476 e. The molecule has 1 rings (SSSR count). The fourth-order valence-electron chi connectivity index (χ4n) is 3.69. The van der Waals surface area contributed by atoms with Crippen LogP contribution in [0.25, 0.3) is 0 Å². The molecular weight excluding hydrogens is 332 g/mol. The Kier molecular flexibility index (Phi) is 6.85. The lowest BCUT2D eigenvalue weighted by Crippen LogP contribution is -2.62. The summed E-state index contributed by atoms with van der Waals surface area (Å²) in [6, 6.07) is 0. The van der Waals surface area contributed by atoms with Crippen molar-refractivity contribution >= 4 is 20.5 Å². The predicted octanol–water partition coefficient (Wildman–Crippen LogP) is 5.58. The molecule has 0 aliphatic heterocycles. The Morgan fingerprint density at radius 2 is 1.40 bits per heavy atom. The molecule has 0 amide bonds. The summed E-state index contributed by atoms with van der Waals surface area (Å²) in [5.41, 5.74) is 0.657. The molecule has 0 saturated heterocycles. The first kappa shape index (κ1) is 21.7. The van der Waals surface area contributed by atoms with Crippen LogP contribution in [0.5, 0.6) is 0 Å². The lowest BCUT2D eigenvalue weighted by Gasteiger charge is -2.52. The minimum atomic E-state index is -3.32. The largest absolute Gasteiger partial charge is 0.481 e. The molecule has 0 unspecified atom stereocenters. The molecule has 1 saturated carbocycles. The summed E-state index contributed by atoms with van der Waals surface area (Å²) in [6.45, 7) is 19.0. The molecule has 0 bridgehead atoms. The summed E-state index contributed by atoms with van der Waals surface area (Å²) in [4.78, 5) is 25.1. The van der Waals surface area contributed by atoms with Gasteiger partial charge in [-0.1, -0.05) is 60.1 Å². The van der Waals surface area contributed by atoms with Crippen molar-refractivity contribution in [3.8, 4) is 0 Å². The van der Waals surface area contributed by atoms with Crippen LogP contribution < -0.4 is 0 Å². The maximum atomic E-state index is 12.6. The lowest BCUT2D eigenvalue weighted by atomic mass is 9.90. The van der Waals surface area contributed by atoms with Crippen molar-refractivity contribution in [1.82, 2.24) is 0 Å². The normalized spacial score (nSPS) is 17.5. The fraction of sp³-hybridized carbons (Fsp3) is 0.700. The summed E-state index contributed by atoms with van der Waals surface area (Å²) in [5.74, 6) is -0.927. The van der Waals surface area contributed by atoms with E-state index in [1.165, 1.54) is 0 Å². The molecule has 1 fully saturated rings. The highest BCUT2D eigenvalue weighted by Gasteiger charge is 2.68. The minimum Gasteiger partial charge on any atom is -0.481 e. The Labute approximate surface area is 153 Å². The van der Waals surface area contributed by atoms with E-state index in [-0.39, 0.29) is 5.04 Å². The van der Waals surface area contributed by atoms with Gasteiger partial charge in [-0.05, 0) is 33.1 Å². The van der Waals surface area contributed by atoms with Gasteiger partial charge >= 0.3 is 20.5 Å². The SMILES string of the molecule is C=C(C)C(=O)O[Si](OC(=O)C(=C)C)(C(C)(C)CC)C1(C)CCCCC1. The summed E-state index contributed by atoms with van der Waals surface area (Å²) in [5, 5.41) is -0.740. The first-order valence-electron chi connectivity index (χ1n) is 9.20. The molecule has 0 aromatic rings. The standard InChI is InChI=1S/C20H34O4Si/c1-9-19(6,7)25(23-17(21)15(2)3,24-18(22)16(4)5)20(8)13-11-10-12-14-20/h2,4,9-14H2,1,3,5-8H3. The van der Waals surface area contributed by atoms with Gasteiger partial charge in [0.2, 0.25) is 0 Å². The van der Waals surface area contributed by atoms with Crippen LogP contribution in [0.2, 0.25) is 10.1 Å². The summed E-state index contributed by atoms with van der Waals surface area (Å²) in [7, 11) is -3.32. The lowest BCUT2D eigenvalue weighted by molar-refractivity contribution is -0.139. The van der Waals surface area contributed by atoms with Crippen molar-refractivity contribution in [3.63, 3.8) is 0 Å². The number of rotatable bonds is 7. The molecule has 1 aliphatic rings. The second-order valence-electron chi connectivity index (χ2n) is 8.32. The first-order chi connectivity index (χ1) is 11.4. The van der Waals surface area contributed by atoms with Gasteiger partial charge < -0.3 is 8.85 Å². The zero-order valence-corrected chi connectivity index (χ0v) is 17.8.